The molecule has 1 saturated heterocycles. The van der Waals surface area contributed by atoms with Gasteiger partial charge in [-0.1, -0.05) is 27.4 Å². The number of carbonyl (C=O) groups is 1. The predicted octanol–water partition coefficient (Wildman–Crippen LogP) is 3.44. The zero-order valence-electron chi connectivity index (χ0n) is 11.8. The smallest absolute Gasteiger partial charge is 0.310 e. The molecule has 1 aliphatic heterocycles. The molecule has 3 nitrogen and oxygen atoms in total. The molecule has 3 heteroatoms. The second kappa shape index (κ2) is 4.04. The molecule has 0 bridgehead atoms. The SMILES string of the molecule is C=C(OC1(C)CC(=O)OC1(C)C)C(C)(C)CC. The Bertz CT molecular complexity index is 341. The quantitative estimate of drug-likeness (QED) is 0.558. The molecule has 1 atom stereocenters. The number of cyclic esters (lactones) is 1. The second-order valence-corrected chi connectivity index (χ2v) is 6.15. The molecule has 0 aromatic rings. The number of ether oxygens (including phenoxy) is 2. The summed E-state index contributed by atoms with van der Waals surface area (Å²) < 4.78 is 11.3. The molecule has 0 radical (unpaired) electrons. The summed E-state index contributed by atoms with van der Waals surface area (Å²) in [6, 6.07) is 0. The van der Waals surface area contributed by atoms with Crippen LogP contribution in [-0.2, 0) is 14.3 Å². The molecule has 0 aromatic carbocycles. The number of rotatable bonds is 4. The first kappa shape index (κ1) is 14.1. The fraction of sp³-hybridized carbons (Fsp3) is 0.786. The number of allylic oxidation sites excluding steroid dienone is 1. The molecule has 1 unspecified atom stereocenters. The van der Waals surface area contributed by atoms with Gasteiger partial charge in [-0.15, -0.1) is 0 Å². The van der Waals surface area contributed by atoms with E-state index in [4.69, 9.17) is 9.47 Å². The van der Waals surface area contributed by atoms with Gasteiger partial charge in [0, 0.05) is 5.41 Å². The van der Waals surface area contributed by atoms with Crippen LogP contribution in [-0.4, -0.2) is 17.2 Å². The monoisotopic (exact) mass is 240 g/mol. The Kier molecular flexibility index (Phi) is 3.34. The van der Waals surface area contributed by atoms with Gasteiger partial charge >= 0.3 is 5.97 Å². The molecule has 1 rings (SSSR count). The van der Waals surface area contributed by atoms with Crippen LogP contribution in [0.15, 0.2) is 12.3 Å². The maximum absolute atomic E-state index is 11.4. The third kappa shape index (κ3) is 2.48. The summed E-state index contributed by atoms with van der Waals surface area (Å²) in [5.41, 5.74) is -1.34. The summed E-state index contributed by atoms with van der Waals surface area (Å²) >= 11 is 0. The molecule has 1 fully saturated rings. The number of hydrogen-bond acceptors (Lipinski definition) is 3. The molecule has 1 aliphatic rings. The Balaban J connectivity index is 2.88. The molecule has 1 heterocycles. The number of carbonyl (C=O) groups excluding carboxylic acids is 1. The van der Waals surface area contributed by atoms with Gasteiger partial charge in [0.05, 0.1) is 12.2 Å². The van der Waals surface area contributed by atoms with Gasteiger partial charge in [-0.05, 0) is 27.2 Å². The van der Waals surface area contributed by atoms with E-state index in [1.807, 2.05) is 20.8 Å². The number of hydrogen-bond donors (Lipinski definition) is 0. The summed E-state index contributed by atoms with van der Waals surface area (Å²) in [4.78, 5) is 11.4. The van der Waals surface area contributed by atoms with Gasteiger partial charge in [0.1, 0.15) is 5.60 Å². The van der Waals surface area contributed by atoms with Gasteiger partial charge in [-0.25, -0.2) is 0 Å². The zero-order valence-corrected chi connectivity index (χ0v) is 11.8. The minimum absolute atomic E-state index is 0.0925. The molecule has 0 N–H and O–H groups in total. The third-order valence-electron chi connectivity index (χ3n) is 4.11. The largest absolute Gasteiger partial charge is 0.487 e. The molecule has 0 saturated carbocycles. The van der Waals surface area contributed by atoms with E-state index in [0.29, 0.717) is 5.76 Å². The van der Waals surface area contributed by atoms with E-state index in [0.717, 1.165) is 6.42 Å². The van der Waals surface area contributed by atoms with Crippen molar-refractivity contribution in [3.63, 3.8) is 0 Å². The van der Waals surface area contributed by atoms with Gasteiger partial charge in [0.2, 0.25) is 0 Å². The topological polar surface area (TPSA) is 35.5 Å². The Hall–Kier alpha value is -0.990. The Morgan fingerprint density at radius 2 is 2.00 bits per heavy atom. The van der Waals surface area contributed by atoms with Crippen molar-refractivity contribution in [2.75, 3.05) is 0 Å². The van der Waals surface area contributed by atoms with Crippen molar-refractivity contribution in [3.8, 4) is 0 Å². The highest BCUT2D eigenvalue weighted by molar-refractivity contribution is 5.74. The molecule has 0 aliphatic carbocycles. The Morgan fingerprint density at radius 1 is 1.47 bits per heavy atom. The van der Waals surface area contributed by atoms with E-state index in [2.05, 4.69) is 27.4 Å². The second-order valence-electron chi connectivity index (χ2n) is 6.15. The molecule has 0 aromatic heterocycles. The van der Waals surface area contributed by atoms with Gasteiger partial charge in [0.15, 0.2) is 5.60 Å². The first-order valence-corrected chi connectivity index (χ1v) is 6.14. The van der Waals surface area contributed by atoms with E-state index in [1.165, 1.54) is 0 Å². The third-order valence-corrected chi connectivity index (χ3v) is 4.11. The van der Waals surface area contributed by atoms with Crippen LogP contribution in [0.3, 0.4) is 0 Å². The van der Waals surface area contributed by atoms with E-state index < -0.39 is 11.2 Å². The highest BCUT2D eigenvalue weighted by Crippen LogP contribution is 2.43. The summed E-state index contributed by atoms with van der Waals surface area (Å²) in [5, 5.41) is 0. The van der Waals surface area contributed by atoms with E-state index in [1.54, 1.807) is 0 Å². The minimum atomic E-state index is -0.631. The fourth-order valence-corrected chi connectivity index (χ4v) is 1.68. The first-order chi connectivity index (χ1) is 7.54. The standard InChI is InChI=1S/C14H24O3/c1-8-12(3,4)10(2)16-14(7)9-11(15)17-13(14,5)6/h2,8-9H2,1,3-7H3. The Morgan fingerprint density at radius 3 is 2.35 bits per heavy atom. The van der Waals surface area contributed by atoms with Crippen molar-refractivity contribution >= 4 is 5.97 Å². The predicted molar refractivity (Wildman–Crippen MR) is 67.5 cm³/mol. The molecule has 0 amide bonds. The van der Waals surface area contributed by atoms with Crippen molar-refractivity contribution < 1.29 is 14.3 Å². The van der Waals surface area contributed by atoms with Gasteiger partial charge in [-0.2, -0.15) is 0 Å². The highest BCUT2D eigenvalue weighted by Gasteiger charge is 2.54. The lowest BCUT2D eigenvalue weighted by Gasteiger charge is -2.39. The summed E-state index contributed by atoms with van der Waals surface area (Å²) in [6.45, 7) is 15.9. The van der Waals surface area contributed by atoms with E-state index >= 15 is 0 Å². The van der Waals surface area contributed by atoms with Crippen molar-refractivity contribution in [1.29, 1.82) is 0 Å². The van der Waals surface area contributed by atoms with Crippen molar-refractivity contribution in [2.45, 2.75) is 65.6 Å². The Labute approximate surface area is 104 Å². The van der Waals surface area contributed by atoms with Gasteiger partial charge in [-0.3, -0.25) is 4.79 Å². The van der Waals surface area contributed by atoms with Crippen LogP contribution in [0.1, 0.15) is 54.4 Å². The van der Waals surface area contributed by atoms with E-state index in [9.17, 15) is 4.79 Å². The molecule has 98 valence electrons. The molecule has 17 heavy (non-hydrogen) atoms. The normalized spacial score (nSPS) is 27.8. The zero-order chi connectivity index (χ0) is 13.5. The van der Waals surface area contributed by atoms with E-state index in [-0.39, 0.29) is 17.8 Å². The fourth-order valence-electron chi connectivity index (χ4n) is 1.68. The average Bonchev–Trinajstić information content (AvgIpc) is 2.34. The average molecular weight is 240 g/mol. The molecular formula is C14H24O3. The van der Waals surface area contributed by atoms with Gasteiger partial charge in [0.25, 0.3) is 0 Å². The molecular weight excluding hydrogens is 216 g/mol. The lowest BCUT2D eigenvalue weighted by Crippen LogP contribution is -2.46. The van der Waals surface area contributed by atoms with Crippen LogP contribution in [0, 0.1) is 5.41 Å². The summed E-state index contributed by atoms with van der Waals surface area (Å²) in [7, 11) is 0. The van der Waals surface area contributed by atoms with Gasteiger partial charge < -0.3 is 9.47 Å². The van der Waals surface area contributed by atoms with Crippen LogP contribution < -0.4 is 0 Å². The summed E-state index contributed by atoms with van der Waals surface area (Å²) in [6.07, 6.45) is 1.22. The highest BCUT2D eigenvalue weighted by atomic mass is 16.6. The van der Waals surface area contributed by atoms with Crippen LogP contribution in [0.4, 0.5) is 0 Å². The van der Waals surface area contributed by atoms with Crippen LogP contribution >= 0.6 is 0 Å². The van der Waals surface area contributed by atoms with Crippen LogP contribution in [0.2, 0.25) is 0 Å². The summed E-state index contributed by atoms with van der Waals surface area (Å²) in [5.74, 6) is 0.508. The lowest BCUT2D eigenvalue weighted by molar-refractivity contribution is -0.153. The maximum Gasteiger partial charge on any atom is 0.310 e. The van der Waals surface area contributed by atoms with Crippen molar-refractivity contribution in [2.24, 2.45) is 5.41 Å². The van der Waals surface area contributed by atoms with Crippen molar-refractivity contribution in [1.82, 2.24) is 0 Å². The van der Waals surface area contributed by atoms with Crippen LogP contribution in [0.5, 0.6) is 0 Å². The number of esters is 1. The van der Waals surface area contributed by atoms with Crippen molar-refractivity contribution in [3.05, 3.63) is 12.3 Å². The lowest BCUT2D eigenvalue weighted by atomic mass is 9.84. The van der Waals surface area contributed by atoms with Crippen LogP contribution in [0.25, 0.3) is 0 Å². The maximum atomic E-state index is 11.4. The first-order valence-electron chi connectivity index (χ1n) is 6.14. The molecule has 0 spiro atoms. The minimum Gasteiger partial charge on any atom is -0.487 e.